The largest absolute Gasteiger partial charge is 0.496 e. The van der Waals surface area contributed by atoms with Gasteiger partial charge >= 0.3 is 5.69 Å². The maximum Gasteiger partial charge on any atom is 0.310 e. The van der Waals surface area contributed by atoms with Gasteiger partial charge in [-0.2, -0.15) is 4.98 Å². The number of benzene rings is 2. The minimum absolute atomic E-state index is 0.0632. The average molecular weight is 407 g/mol. The summed E-state index contributed by atoms with van der Waals surface area (Å²) >= 11 is 0. The number of anilines is 1. The van der Waals surface area contributed by atoms with Crippen LogP contribution in [0, 0.1) is 10.1 Å². The van der Waals surface area contributed by atoms with Crippen LogP contribution < -0.4 is 15.2 Å². The van der Waals surface area contributed by atoms with Crippen LogP contribution in [-0.2, 0) is 6.54 Å². The lowest BCUT2D eigenvalue weighted by molar-refractivity contribution is -0.385. The molecule has 0 amide bonds. The Morgan fingerprint density at radius 2 is 1.87 bits per heavy atom. The van der Waals surface area contributed by atoms with Crippen molar-refractivity contribution in [3.63, 3.8) is 0 Å². The maximum absolute atomic E-state index is 11.1. The summed E-state index contributed by atoms with van der Waals surface area (Å²) in [5, 5.41) is 19.5. The summed E-state index contributed by atoms with van der Waals surface area (Å²) in [6, 6.07) is 12.0. The molecule has 0 unspecified atom stereocenters. The van der Waals surface area contributed by atoms with Crippen molar-refractivity contribution in [3.8, 4) is 22.8 Å². The first-order valence-electron chi connectivity index (χ1n) is 8.83. The summed E-state index contributed by atoms with van der Waals surface area (Å²) in [5.74, 6) is 0.838. The Kier molecular flexibility index (Phi) is 4.84. The third-order valence-electron chi connectivity index (χ3n) is 4.52. The van der Waals surface area contributed by atoms with Gasteiger partial charge in [0, 0.05) is 11.6 Å². The van der Waals surface area contributed by atoms with Crippen LogP contribution in [0.4, 0.5) is 11.6 Å². The number of nitrogens with two attached hydrogens (primary N) is 1. The van der Waals surface area contributed by atoms with Crippen molar-refractivity contribution in [2.75, 3.05) is 20.0 Å². The Bertz CT molecular complexity index is 1260. The smallest absolute Gasteiger partial charge is 0.310 e. The molecule has 11 nitrogen and oxygen atoms in total. The molecule has 2 aromatic carbocycles. The lowest BCUT2D eigenvalue weighted by Gasteiger charge is -2.09. The number of hydrogen-bond acceptors (Lipinski definition) is 9. The number of nitrogen functional groups attached to an aromatic ring is 1. The second kappa shape index (κ2) is 7.62. The number of nitro benzene ring substituents is 1. The number of methoxy groups -OCH3 is 2. The van der Waals surface area contributed by atoms with Crippen molar-refractivity contribution in [3.05, 3.63) is 58.1 Å². The van der Waals surface area contributed by atoms with Gasteiger partial charge in [-0.1, -0.05) is 23.4 Å². The number of aromatic nitrogens is 5. The van der Waals surface area contributed by atoms with Gasteiger partial charge in [0.25, 0.3) is 0 Å². The molecule has 0 saturated heterocycles. The number of nitrogens with zero attached hydrogens (tertiary/aromatic N) is 6. The third kappa shape index (κ3) is 3.32. The molecule has 11 heteroatoms. The summed E-state index contributed by atoms with van der Waals surface area (Å²) in [6.45, 7) is 0.257. The molecule has 2 aromatic heterocycles. The first-order chi connectivity index (χ1) is 14.5. The van der Waals surface area contributed by atoms with Crippen LogP contribution in [0.5, 0.6) is 11.5 Å². The van der Waals surface area contributed by atoms with Gasteiger partial charge in [-0.15, -0.1) is 5.10 Å². The van der Waals surface area contributed by atoms with Crippen LogP contribution in [0.15, 0.2) is 42.5 Å². The normalized spacial score (nSPS) is 10.9. The summed E-state index contributed by atoms with van der Waals surface area (Å²) in [7, 11) is 2.95. The fourth-order valence-electron chi connectivity index (χ4n) is 3.15. The molecular formula is C19H17N7O4. The highest BCUT2D eigenvalue weighted by Crippen LogP contribution is 2.33. The van der Waals surface area contributed by atoms with Gasteiger partial charge in [0.15, 0.2) is 16.9 Å². The maximum atomic E-state index is 11.1. The average Bonchev–Trinajstić information content (AvgIpc) is 3.15. The summed E-state index contributed by atoms with van der Waals surface area (Å²) in [4.78, 5) is 19.2. The van der Waals surface area contributed by atoms with Crippen molar-refractivity contribution < 1.29 is 14.4 Å². The molecule has 0 radical (unpaired) electrons. The fourth-order valence-corrected chi connectivity index (χ4v) is 3.15. The van der Waals surface area contributed by atoms with Crippen molar-refractivity contribution in [2.24, 2.45) is 0 Å². The summed E-state index contributed by atoms with van der Waals surface area (Å²) in [6.07, 6.45) is 0. The number of para-hydroxylation sites is 1. The number of hydrogen-bond donors (Lipinski definition) is 1. The van der Waals surface area contributed by atoms with Crippen LogP contribution in [0.3, 0.4) is 0 Å². The van der Waals surface area contributed by atoms with E-state index in [0.29, 0.717) is 28.2 Å². The van der Waals surface area contributed by atoms with Crippen molar-refractivity contribution in [2.45, 2.75) is 6.54 Å². The number of ether oxygens (including phenoxy) is 2. The van der Waals surface area contributed by atoms with E-state index in [-0.39, 0.29) is 23.9 Å². The molecule has 0 bridgehead atoms. The SMILES string of the molecule is COc1ccccc1-c1nc(N)nc2c1nnn2Cc1ccc([N+](=O)[O-])c(OC)c1. The van der Waals surface area contributed by atoms with E-state index in [4.69, 9.17) is 15.2 Å². The van der Waals surface area contributed by atoms with Crippen LogP contribution in [-0.4, -0.2) is 44.1 Å². The number of nitro groups is 1. The third-order valence-corrected chi connectivity index (χ3v) is 4.52. The zero-order valence-electron chi connectivity index (χ0n) is 16.1. The van der Waals surface area contributed by atoms with Crippen LogP contribution in [0.25, 0.3) is 22.4 Å². The summed E-state index contributed by atoms with van der Waals surface area (Å²) in [5.41, 5.74) is 8.66. The Balaban J connectivity index is 1.79. The van der Waals surface area contributed by atoms with Crippen molar-refractivity contribution in [1.82, 2.24) is 25.0 Å². The molecule has 4 aromatic rings. The molecule has 0 aliphatic heterocycles. The highest BCUT2D eigenvalue weighted by atomic mass is 16.6. The van der Waals surface area contributed by atoms with E-state index in [1.807, 2.05) is 24.3 Å². The lowest BCUT2D eigenvalue weighted by Crippen LogP contribution is -2.06. The van der Waals surface area contributed by atoms with Gasteiger partial charge in [-0.25, -0.2) is 9.67 Å². The Hall–Kier alpha value is -4.28. The molecule has 0 atom stereocenters. The molecule has 0 spiro atoms. The van der Waals surface area contributed by atoms with Crippen LogP contribution >= 0.6 is 0 Å². The van der Waals surface area contributed by atoms with Crippen molar-refractivity contribution in [1.29, 1.82) is 0 Å². The highest BCUT2D eigenvalue weighted by molar-refractivity contribution is 5.89. The first-order valence-corrected chi connectivity index (χ1v) is 8.83. The molecule has 0 aliphatic rings. The van der Waals surface area contributed by atoms with Gasteiger partial charge in [0.1, 0.15) is 11.4 Å². The van der Waals surface area contributed by atoms with Gasteiger partial charge in [-0.3, -0.25) is 10.1 Å². The van der Waals surface area contributed by atoms with Gasteiger partial charge < -0.3 is 15.2 Å². The molecular weight excluding hydrogens is 390 g/mol. The number of fused-ring (bicyclic) bond motifs is 1. The van der Waals surface area contributed by atoms with E-state index in [0.717, 1.165) is 5.56 Å². The second-order valence-corrected chi connectivity index (χ2v) is 6.31. The van der Waals surface area contributed by atoms with Gasteiger partial charge in [-0.05, 0) is 23.8 Å². The molecule has 30 heavy (non-hydrogen) atoms. The molecule has 0 aliphatic carbocycles. The molecule has 2 heterocycles. The lowest BCUT2D eigenvalue weighted by atomic mass is 10.1. The molecule has 4 rings (SSSR count). The van der Waals surface area contributed by atoms with E-state index >= 15 is 0 Å². The van der Waals surface area contributed by atoms with E-state index in [2.05, 4.69) is 20.3 Å². The second-order valence-electron chi connectivity index (χ2n) is 6.31. The van der Waals surface area contributed by atoms with Gasteiger partial charge in [0.05, 0.1) is 25.7 Å². The standard InChI is InChI=1S/C19H17N7O4/c1-29-14-6-4-3-5-12(14)16-17-18(22-19(20)21-16)25(24-23-17)10-11-7-8-13(26(27)28)15(9-11)30-2/h3-9H,10H2,1-2H3,(H2,20,21,22). The minimum atomic E-state index is -0.499. The molecule has 0 fully saturated rings. The first kappa shape index (κ1) is 19.1. The molecule has 2 N–H and O–H groups in total. The molecule has 0 saturated carbocycles. The van der Waals surface area contributed by atoms with E-state index in [1.54, 1.807) is 23.9 Å². The fraction of sp³-hybridized carbons (Fsp3) is 0.158. The predicted octanol–water partition coefficient (Wildman–Crippen LogP) is 2.44. The van der Waals surface area contributed by atoms with Crippen molar-refractivity contribution >= 4 is 22.8 Å². The monoisotopic (exact) mass is 407 g/mol. The Morgan fingerprint density at radius 3 is 2.60 bits per heavy atom. The number of rotatable bonds is 6. The highest BCUT2D eigenvalue weighted by Gasteiger charge is 2.19. The topological polar surface area (TPSA) is 144 Å². The quantitative estimate of drug-likeness (QED) is 0.376. The van der Waals surface area contributed by atoms with Gasteiger partial charge in [0.2, 0.25) is 5.95 Å². The minimum Gasteiger partial charge on any atom is -0.496 e. The zero-order chi connectivity index (χ0) is 21.3. The van der Waals surface area contributed by atoms with E-state index < -0.39 is 4.92 Å². The van der Waals surface area contributed by atoms with E-state index in [9.17, 15) is 10.1 Å². The predicted molar refractivity (Wildman–Crippen MR) is 108 cm³/mol. The van der Waals surface area contributed by atoms with Crippen LogP contribution in [0.2, 0.25) is 0 Å². The van der Waals surface area contributed by atoms with Crippen LogP contribution in [0.1, 0.15) is 5.56 Å². The summed E-state index contributed by atoms with van der Waals surface area (Å²) < 4.78 is 12.1. The Morgan fingerprint density at radius 1 is 1.10 bits per heavy atom. The zero-order valence-corrected chi connectivity index (χ0v) is 16.1. The Labute approximate surface area is 170 Å². The van der Waals surface area contributed by atoms with E-state index in [1.165, 1.54) is 13.2 Å². The molecule has 152 valence electrons.